The van der Waals surface area contributed by atoms with Gasteiger partial charge in [0, 0.05) is 5.92 Å². The van der Waals surface area contributed by atoms with Crippen LogP contribution < -0.4 is 0 Å². The van der Waals surface area contributed by atoms with Gasteiger partial charge in [-0.3, -0.25) is 0 Å². The summed E-state index contributed by atoms with van der Waals surface area (Å²) in [6.07, 6.45) is 3.42. The minimum Gasteiger partial charge on any atom is -0.381 e. The Labute approximate surface area is 86.0 Å². The van der Waals surface area contributed by atoms with Crippen molar-refractivity contribution in [1.82, 2.24) is 0 Å². The minimum absolute atomic E-state index is 0.0985. The second kappa shape index (κ2) is 4.03. The van der Waals surface area contributed by atoms with Gasteiger partial charge < -0.3 is 4.18 Å². The first-order chi connectivity index (χ1) is 6.74. The van der Waals surface area contributed by atoms with Gasteiger partial charge >= 0.3 is 15.6 Å². The predicted molar refractivity (Wildman–Crippen MR) is 47.2 cm³/mol. The summed E-state index contributed by atoms with van der Waals surface area (Å²) in [7, 11) is -5.50. The highest BCUT2D eigenvalue weighted by molar-refractivity contribution is 7.87. The summed E-state index contributed by atoms with van der Waals surface area (Å²) in [5.74, 6) is -0.380. The van der Waals surface area contributed by atoms with Crippen LogP contribution in [0.15, 0.2) is 11.8 Å². The topological polar surface area (TPSA) is 43.4 Å². The van der Waals surface area contributed by atoms with Crippen molar-refractivity contribution in [2.75, 3.05) is 0 Å². The van der Waals surface area contributed by atoms with Gasteiger partial charge in [0.1, 0.15) is 5.76 Å². The van der Waals surface area contributed by atoms with E-state index in [0.29, 0.717) is 12.8 Å². The molecule has 0 amide bonds. The van der Waals surface area contributed by atoms with E-state index in [2.05, 4.69) is 4.18 Å². The molecule has 0 aliphatic heterocycles. The van der Waals surface area contributed by atoms with Gasteiger partial charge in [0.25, 0.3) is 0 Å². The summed E-state index contributed by atoms with van der Waals surface area (Å²) in [4.78, 5) is 0. The van der Waals surface area contributed by atoms with E-state index >= 15 is 0 Å². The molecule has 0 fully saturated rings. The zero-order chi connectivity index (χ0) is 11.7. The third kappa shape index (κ3) is 2.87. The van der Waals surface area contributed by atoms with Gasteiger partial charge in [0.15, 0.2) is 0 Å². The van der Waals surface area contributed by atoms with Crippen molar-refractivity contribution in [3.8, 4) is 0 Å². The van der Waals surface area contributed by atoms with E-state index in [4.69, 9.17) is 0 Å². The molecule has 1 unspecified atom stereocenters. The lowest BCUT2D eigenvalue weighted by Crippen LogP contribution is -2.27. The van der Waals surface area contributed by atoms with E-state index < -0.39 is 15.6 Å². The van der Waals surface area contributed by atoms with Gasteiger partial charge in [-0.2, -0.15) is 21.6 Å². The van der Waals surface area contributed by atoms with Crippen LogP contribution >= 0.6 is 0 Å². The maximum atomic E-state index is 12.0. The molecule has 1 aliphatic rings. The van der Waals surface area contributed by atoms with E-state index in [0.717, 1.165) is 6.42 Å². The van der Waals surface area contributed by atoms with Gasteiger partial charge in [-0.25, -0.2) is 0 Å². The van der Waals surface area contributed by atoms with Crippen LogP contribution in [0.25, 0.3) is 0 Å². The zero-order valence-electron chi connectivity index (χ0n) is 8.04. The molecule has 0 aromatic heterocycles. The molecule has 15 heavy (non-hydrogen) atoms. The van der Waals surface area contributed by atoms with Gasteiger partial charge in [-0.1, -0.05) is 6.92 Å². The highest BCUT2D eigenvalue weighted by atomic mass is 32.2. The third-order valence-electron chi connectivity index (χ3n) is 2.16. The number of allylic oxidation sites excluding steroid dienone is 2. The quantitative estimate of drug-likeness (QED) is 0.554. The first kappa shape index (κ1) is 12.4. The predicted octanol–water partition coefficient (Wildman–Crippen LogP) is 2.56. The lowest BCUT2D eigenvalue weighted by molar-refractivity contribution is -0.0527. The molecule has 0 saturated carbocycles. The van der Waals surface area contributed by atoms with Crippen molar-refractivity contribution in [2.24, 2.45) is 5.92 Å². The Bertz CT molecular complexity index is 356. The molecule has 1 rings (SSSR count). The number of hydrogen-bond acceptors (Lipinski definition) is 3. The van der Waals surface area contributed by atoms with E-state index in [1.165, 1.54) is 6.08 Å². The summed E-state index contributed by atoms with van der Waals surface area (Å²) in [6.45, 7) is 1.64. The van der Waals surface area contributed by atoms with Crippen LogP contribution in [0.4, 0.5) is 13.2 Å². The molecule has 7 heteroatoms. The molecule has 0 saturated heterocycles. The molecule has 1 atom stereocenters. The summed E-state index contributed by atoms with van der Waals surface area (Å²) < 4.78 is 61.3. The molecule has 0 aromatic carbocycles. The lowest BCUT2D eigenvalue weighted by Gasteiger charge is -2.20. The van der Waals surface area contributed by atoms with Crippen LogP contribution in [0.5, 0.6) is 0 Å². The molecule has 3 nitrogen and oxygen atoms in total. The van der Waals surface area contributed by atoms with Crippen molar-refractivity contribution in [2.45, 2.75) is 31.7 Å². The minimum atomic E-state index is -5.50. The molecular weight excluding hydrogens is 233 g/mol. The Morgan fingerprint density at radius 2 is 2.07 bits per heavy atom. The average molecular weight is 244 g/mol. The molecule has 88 valence electrons. The monoisotopic (exact) mass is 244 g/mol. The van der Waals surface area contributed by atoms with Crippen molar-refractivity contribution in [1.29, 1.82) is 0 Å². The van der Waals surface area contributed by atoms with Crippen LogP contribution in [0.1, 0.15) is 26.2 Å². The molecule has 0 N–H and O–H groups in total. The van der Waals surface area contributed by atoms with Crippen LogP contribution in [-0.4, -0.2) is 13.9 Å². The maximum Gasteiger partial charge on any atom is 0.534 e. The van der Waals surface area contributed by atoms with E-state index in [9.17, 15) is 21.6 Å². The van der Waals surface area contributed by atoms with E-state index in [1.807, 2.05) is 0 Å². The first-order valence-electron chi connectivity index (χ1n) is 4.45. The van der Waals surface area contributed by atoms with Crippen molar-refractivity contribution >= 4 is 10.1 Å². The second-order valence-corrected chi connectivity index (χ2v) is 4.96. The summed E-state index contributed by atoms with van der Waals surface area (Å²) >= 11 is 0. The third-order valence-corrected chi connectivity index (χ3v) is 3.14. The molecular formula is C8H11F3O3S. The molecule has 0 aromatic rings. The normalized spacial score (nSPS) is 23.5. The van der Waals surface area contributed by atoms with Gasteiger partial charge in [-0.15, -0.1) is 0 Å². The van der Waals surface area contributed by atoms with Crippen LogP contribution in [0, 0.1) is 5.92 Å². The fourth-order valence-electron chi connectivity index (χ4n) is 1.30. The summed E-state index contributed by atoms with van der Waals surface area (Å²) in [5, 5.41) is 0. The number of hydrogen-bond donors (Lipinski definition) is 0. The molecule has 0 bridgehead atoms. The van der Waals surface area contributed by atoms with Crippen LogP contribution in [-0.2, 0) is 14.3 Å². The van der Waals surface area contributed by atoms with Crippen LogP contribution in [0.2, 0.25) is 0 Å². The van der Waals surface area contributed by atoms with Crippen LogP contribution in [0.3, 0.4) is 0 Å². The van der Waals surface area contributed by atoms with Crippen molar-refractivity contribution in [3.63, 3.8) is 0 Å². The Kier molecular flexibility index (Phi) is 3.32. The first-order valence-corrected chi connectivity index (χ1v) is 5.85. The van der Waals surface area contributed by atoms with Gasteiger partial charge in [-0.05, 0) is 25.3 Å². The highest BCUT2D eigenvalue weighted by Gasteiger charge is 2.49. The Morgan fingerprint density at radius 1 is 1.47 bits per heavy atom. The van der Waals surface area contributed by atoms with Gasteiger partial charge in [0.05, 0.1) is 0 Å². The molecule has 1 aliphatic carbocycles. The van der Waals surface area contributed by atoms with Crippen molar-refractivity contribution in [3.05, 3.63) is 11.8 Å². The van der Waals surface area contributed by atoms with Gasteiger partial charge in [0.2, 0.25) is 0 Å². The summed E-state index contributed by atoms with van der Waals surface area (Å²) in [5.41, 5.74) is -5.36. The maximum absolute atomic E-state index is 12.0. The summed E-state index contributed by atoms with van der Waals surface area (Å²) in [6, 6.07) is 0. The molecule has 0 radical (unpaired) electrons. The fraction of sp³-hybridized carbons (Fsp3) is 0.750. The largest absolute Gasteiger partial charge is 0.534 e. The SMILES string of the molecule is CC1CCCC=C1OS(=O)(=O)C(F)(F)F. The number of alkyl halides is 3. The standard InChI is InChI=1S/C8H11F3O3S/c1-6-4-2-3-5-7(6)14-15(12,13)8(9,10)11/h5-6H,2-4H2,1H3. The van der Waals surface area contributed by atoms with E-state index in [1.54, 1.807) is 6.92 Å². The second-order valence-electron chi connectivity index (χ2n) is 3.42. The molecule has 0 heterocycles. The Morgan fingerprint density at radius 3 is 2.53 bits per heavy atom. The molecule has 0 spiro atoms. The average Bonchev–Trinajstić information content (AvgIpc) is 2.06. The van der Waals surface area contributed by atoms with E-state index in [-0.39, 0.29) is 11.7 Å². The number of halogens is 3. The highest BCUT2D eigenvalue weighted by Crippen LogP contribution is 2.32. The Balaban J connectivity index is 2.82. The fourth-order valence-corrected chi connectivity index (χ4v) is 1.88. The zero-order valence-corrected chi connectivity index (χ0v) is 8.86. The number of rotatable bonds is 2. The lowest BCUT2D eigenvalue weighted by atomic mass is 9.96. The smallest absolute Gasteiger partial charge is 0.381 e. The Hall–Kier alpha value is -0.720. The van der Waals surface area contributed by atoms with Crippen molar-refractivity contribution < 1.29 is 25.8 Å².